The summed E-state index contributed by atoms with van der Waals surface area (Å²) < 4.78 is 6.34. The molecule has 0 aliphatic heterocycles. The fraction of sp³-hybridized carbons (Fsp3) is 0.179. The largest absolute Gasteiger partial charge is 0.478 e. The first-order chi connectivity index (χ1) is 16.2. The van der Waals surface area contributed by atoms with Gasteiger partial charge in [-0.3, -0.25) is 4.79 Å². The maximum absolute atomic E-state index is 13.3. The van der Waals surface area contributed by atoms with E-state index in [1.54, 1.807) is 49.4 Å². The van der Waals surface area contributed by atoms with Crippen molar-refractivity contribution in [3.63, 3.8) is 0 Å². The van der Waals surface area contributed by atoms with Gasteiger partial charge in [-0.1, -0.05) is 29.8 Å². The first-order valence-corrected chi connectivity index (χ1v) is 10.9. The number of rotatable bonds is 5. The van der Waals surface area contributed by atoms with Crippen LogP contribution >= 0.6 is 0 Å². The first-order valence-electron chi connectivity index (χ1n) is 10.9. The molecule has 0 amide bonds. The molecule has 1 aromatic heterocycles. The summed E-state index contributed by atoms with van der Waals surface area (Å²) in [7, 11) is 0. The average molecular weight is 453 g/mol. The monoisotopic (exact) mass is 452 g/mol. The Kier molecular flexibility index (Phi) is 5.95. The molecular formula is C28H24N2O4. The third kappa shape index (κ3) is 4.16. The number of aromatic carboxylic acids is 1. The second kappa shape index (κ2) is 8.87. The molecule has 6 heteroatoms. The SMILES string of the molecule is Cc1ccc(NC(C)c2cc(C)cc3c(=O)c(C)c(-c4cccc(C#N)c4)oc23)c(C(=O)O)c1. The number of carboxylic acid groups (broad SMARTS) is 1. The third-order valence-electron chi connectivity index (χ3n) is 5.89. The van der Waals surface area contributed by atoms with Crippen molar-refractivity contribution in [2.24, 2.45) is 0 Å². The highest BCUT2D eigenvalue weighted by atomic mass is 16.4. The Balaban J connectivity index is 1.90. The molecule has 2 N–H and O–H groups in total. The van der Waals surface area contributed by atoms with E-state index in [2.05, 4.69) is 11.4 Å². The number of hydrogen-bond donors (Lipinski definition) is 2. The van der Waals surface area contributed by atoms with Crippen molar-refractivity contribution in [3.05, 3.63) is 98.2 Å². The predicted molar refractivity (Wildman–Crippen MR) is 132 cm³/mol. The molecule has 0 aliphatic carbocycles. The maximum Gasteiger partial charge on any atom is 0.337 e. The van der Waals surface area contributed by atoms with Crippen molar-refractivity contribution in [1.82, 2.24) is 0 Å². The van der Waals surface area contributed by atoms with Crippen molar-refractivity contribution in [1.29, 1.82) is 5.26 Å². The predicted octanol–water partition coefficient (Wildman–Crippen LogP) is 6.13. The standard InChI is InChI=1S/C28H24N2O4/c1-15-8-9-24(22(10-15)28(32)33)30-18(4)21-11-16(2)12-23-25(31)17(3)26(34-27(21)23)20-7-5-6-19(13-20)14-29/h5-13,18,30H,1-4H3,(H,32,33). The molecule has 0 saturated carbocycles. The molecule has 0 bridgehead atoms. The number of benzene rings is 3. The molecule has 1 atom stereocenters. The highest BCUT2D eigenvalue weighted by Crippen LogP contribution is 2.33. The van der Waals surface area contributed by atoms with E-state index < -0.39 is 5.97 Å². The molecule has 0 fully saturated rings. The van der Waals surface area contributed by atoms with Crippen LogP contribution in [0.5, 0.6) is 0 Å². The molecule has 0 spiro atoms. The summed E-state index contributed by atoms with van der Waals surface area (Å²) in [6.45, 7) is 7.36. The van der Waals surface area contributed by atoms with Gasteiger partial charge in [0.15, 0.2) is 5.43 Å². The number of aryl methyl sites for hydroxylation is 2. The molecule has 34 heavy (non-hydrogen) atoms. The first kappa shape index (κ1) is 22.8. The van der Waals surface area contributed by atoms with Crippen molar-refractivity contribution in [3.8, 4) is 17.4 Å². The van der Waals surface area contributed by atoms with Crippen LogP contribution in [0.15, 0.2) is 63.8 Å². The van der Waals surface area contributed by atoms with E-state index in [4.69, 9.17) is 4.42 Å². The number of nitrogens with one attached hydrogen (secondary N) is 1. The maximum atomic E-state index is 13.3. The van der Waals surface area contributed by atoms with E-state index in [1.165, 1.54) is 0 Å². The molecule has 0 saturated heterocycles. The third-order valence-corrected chi connectivity index (χ3v) is 5.89. The van der Waals surface area contributed by atoms with E-state index in [-0.39, 0.29) is 17.0 Å². The van der Waals surface area contributed by atoms with Gasteiger partial charge < -0.3 is 14.8 Å². The number of nitriles is 1. The quantitative estimate of drug-likeness (QED) is 0.378. The van der Waals surface area contributed by atoms with E-state index in [9.17, 15) is 20.0 Å². The van der Waals surface area contributed by atoms with Gasteiger partial charge in [-0.2, -0.15) is 5.26 Å². The van der Waals surface area contributed by atoms with Gasteiger partial charge in [0.25, 0.3) is 0 Å². The highest BCUT2D eigenvalue weighted by molar-refractivity contribution is 5.94. The fourth-order valence-electron chi connectivity index (χ4n) is 4.17. The van der Waals surface area contributed by atoms with Crippen LogP contribution in [-0.4, -0.2) is 11.1 Å². The van der Waals surface area contributed by atoms with E-state index >= 15 is 0 Å². The molecule has 1 heterocycles. The fourth-order valence-corrected chi connectivity index (χ4v) is 4.17. The lowest BCUT2D eigenvalue weighted by Gasteiger charge is -2.20. The number of carboxylic acids is 1. The summed E-state index contributed by atoms with van der Waals surface area (Å²) in [6, 6.07) is 17.6. The second-order valence-corrected chi connectivity index (χ2v) is 8.53. The van der Waals surface area contributed by atoms with Gasteiger partial charge in [0.2, 0.25) is 0 Å². The summed E-state index contributed by atoms with van der Waals surface area (Å²) in [5.74, 6) is -0.609. The van der Waals surface area contributed by atoms with Gasteiger partial charge >= 0.3 is 5.97 Å². The van der Waals surface area contributed by atoms with Gasteiger partial charge in [-0.15, -0.1) is 0 Å². The Bertz CT molecular complexity index is 1540. The normalized spacial score (nSPS) is 11.7. The van der Waals surface area contributed by atoms with Crippen LogP contribution in [-0.2, 0) is 0 Å². The topological polar surface area (TPSA) is 103 Å². The summed E-state index contributed by atoms with van der Waals surface area (Å²) in [6.07, 6.45) is 0. The lowest BCUT2D eigenvalue weighted by Crippen LogP contribution is -2.14. The van der Waals surface area contributed by atoms with Crippen LogP contribution in [0.25, 0.3) is 22.3 Å². The van der Waals surface area contributed by atoms with Crippen LogP contribution in [0.3, 0.4) is 0 Å². The Morgan fingerprint density at radius 2 is 1.82 bits per heavy atom. The number of hydrogen-bond acceptors (Lipinski definition) is 5. The van der Waals surface area contributed by atoms with Crippen molar-refractivity contribution in [2.45, 2.75) is 33.7 Å². The van der Waals surface area contributed by atoms with Crippen LogP contribution in [0.2, 0.25) is 0 Å². The Hall–Kier alpha value is -4.37. The smallest absolute Gasteiger partial charge is 0.337 e. The van der Waals surface area contributed by atoms with E-state index in [0.29, 0.717) is 39.1 Å². The number of fused-ring (bicyclic) bond motifs is 1. The highest BCUT2D eigenvalue weighted by Gasteiger charge is 2.20. The molecule has 6 nitrogen and oxygen atoms in total. The minimum Gasteiger partial charge on any atom is -0.478 e. The molecular weight excluding hydrogens is 428 g/mol. The molecule has 0 radical (unpaired) electrons. The van der Waals surface area contributed by atoms with E-state index in [1.807, 2.05) is 32.9 Å². The van der Waals surface area contributed by atoms with Gasteiger partial charge in [0.05, 0.1) is 28.6 Å². The van der Waals surface area contributed by atoms with Crippen LogP contribution < -0.4 is 10.7 Å². The summed E-state index contributed by atoms with van der Waals surface area (Å²) in [5, 5.41) is 22.7. The second-order valence-electron chi connectivity index (χ2n) is 8.53. The number of carbonyl (C=O) groups is 1. The zero-order chi connectivity index (χ0) is 24.6. The van der Waals surface area contributed by atoms with Crippen molar-refractivity contribution >= 4 is 22.6 Å². The molecule has 4 rings (SSSR count). The van der Waals surface area contributed by atoms with Crippen molar-refractivity contribution < 1.29 is 14.3 Å². The zero-order valence-electron chi connectivity index (χ0n) is 19.4. The number of anilines is 1. The minimum absolute atomic E-state index is 0.141. The molecule has 0 aliphatic rings. The minimum atomic E-state index is -1.02. The Morgan fingerprint density at radius 3 is 2.53 bits per heavy atom. The lowest BCUT2D eigenvalue weighted by atomic mass is 9.98. The van der Waals surface area contributed by atoms with Gasteiger partial charge in [-0.05, 0) is 63.6 Å². The van der Waals surface area contributed by atoms with Gasteiger partial charge in [0, 0.05) is 22.4 Å². The molecule has 4 aromatic rings. The van der Waals surface area contributed by atoms with Crippen LogP contribution in [0, 0.1) is 32.1 Å². The molecule has 170 valence electrons. The lowest BCUT2D eigenvalue weighted by molar-refractivity contribution is 0.0697. The zero-order valence-corrected chi connectivity index (χ0v) is 19.4. The van der Waals surface area contributed by atoms with Crippen LogP contribution in [0.4, 0.5) is 5.69 Å². The molecule has 3 aromatic carbocycles. The summed E-state index contributed by atoms with van der Waals surface area (Å²) >= 11 is 0. The van der Waals surface area contributed by atoms with Crippen LogP contribution in [0.1, 0.15) is 51.1 Å². The molecule has 1 unspecified atom stereocenters. The average Bonchev–Trinajstić information content (AvgIpc) is 2.82. The van der Waals surface area contributed by atoms with E-state index in [0.717, 1.165) is 16.7 Å². The Labute approximate surface area is 197 Å². The summed E-state index contributed by atoms with van der Waals surface area (Å²) in [4.78, 5) is 25.1. The Morgan fingerprint density at radius 1 is 1.06 bits per heavy atom. The summed E-state index contributed by atoms with van der Waals surface area (Å²) in [5.41, 5.74) is 5.01. The van der Waals surface area contributed by atoms with Gasteiger partial charge in [-0.25, -0.2) is 4.79 Å². The van der Waals surface area contributed by atoms with Crippen molar-refractivity contribution in [2.75, 3.05) is 5.32 Å². The van der Waals surface area contributed by atoms with Gasteiger partial charge in [0.1, 0.15) is 11.3 Å². The number of nitrogens with zero attached hydrogens (tertiary/aromatic N) is 1.